The Hall–Kier alpha value is -8.58. The van der Waals surface area contributed by atoms with E-state index in [0.29, 0.717) is 0 Å². The number of hydrogen-bond donors (Lipinski definition) is 0. The van der Waals surface area contributed by atoms with Gasteiger partial charge in [-0.05, 0) is 304 Å². The fourth-order valence-electron chi connectivity index (χ4n) is 19.7. The Balaban J connectivity index is 0.864. The van der Waals surface area contributed by atoms with E-state index < -0.39 is 0 Å². The van der Waals surface area contributed by atoms with Crippen molar-refractivity contribution in [2.24, 2.45) is 35.5 Å². The Morgan fingerprint density at radius 1 is 0.198 bits per heavy atom. The standard InChI is InChI=1S/C96H90/c1-52(2)13-10-16-55(7)19-22-58-25-31-61(32-26-58)76-49-64-37-40-67-71-44-47-74-78(63-35-29-60(30-36-63)24-21-57(9)18-12-15-54(5)6)51-66-39-42-69-72-45-48-75-77(62-33-27-59(28-34-62)23-20-56(8)17-11-14-53(3)4)50-65-38-41-68-70-43-46-73(76)82-79(64)85(67)91-94(88(70)82)92-86(68)80(65)83(75)90(72)96(92)93-87(69)81(66)84(74)89(71)95(91)93/h25-57H,10-24H2,1-9H3. The Bertz CT molecular complexity index is 5410. The van der Waals surface area contributed by atoms with Gasteiger partial charge in [0.1, 0.15) is 0 Å². The first-order valence-corrected chi connectivity index (χ1v) is 37.6. The van der Waals surface area contributed by atoms with Gasteiger partial charge in [-0.3, -0.25) is 0 Å². The number of fused-ring (bicyclic) bond motifs is 3. The van der Waals surface area contributed by atoms with Crippen LogP contribution in [-0.4, -0.2) is 0 Å². The van der Waals surface area contributed by atoms with Crippen molar-refractivity contribution in [3.8, 4) is 33.4 Å². The Labute approximate surface area is 566 Å². The van der Waals surface area contributed by atoms with Gasteiger partial charge < -0.3 is 0 Å². The summed E-state index contributed by atoms with van der Waals surface area (Å²) in [6.45, 7) is 21.5. The van der Waals surface area contributed by atoms with Gasteiger partial charge in [-0.25, -0.2) is 0 Å². The van der Waals surface area contributed by atoms with Crippen LogP contribution in [-0.2, 0) is 19.3 Å². The SMILES string of the molecule is CC(C)CCCC(C)CCc1ccc(-c2cc3ccc4c5ccc6c(-c7ccc(CCC(C)CCCC(C)C)cc7)cc7ccc8c9ccc%10c(-c%11ccc(CCC(C)CCCC(C)C)cc%11)cc%11ccc%12c%13ccc2c2c3c4c3c(c%132)c2c%12c%11c%10c9c2c2c8c7c6c5c32)cc1. The van der Waals surface area contributed by atoms with E-state index in [1.807, 2.05) is 0 Å². The highest BCUT2D eigenvalue weighted by atomic mass is 14.4. The van der Waals surface area contributed by atoms with Gasteiger partial charge >= 0.3 is 0 Å². The van der Waals surface area contributed by atoms with Crippen LogP contribution in [0, 0.1) is 35.5 Å². The summed E-state index contributed by atoms with van der Waals surface area (Å²) in [5, 5.41) is 42.6. The molecule has 0 radical (unpaired) electrons. The van der Waals surface area contributed by atoms with Gasteiger partial charge in [0.25, 0.3) is 0 Å². The zero-order chi connectivity index (χ0) is 64.7. The quantitative estimate of drug-likeness (QED) is 0.0418. The third kappa shape index (κ3) is 8.71. The van der Waals surface area contributed by atoms with Crippen molar-refractivity contribution in [3.05, 3.63) is 180 Å². The highest BCUT2D eigenvalue weighted by molar-refractivity contribution is 6.64. The van der Waals surface area contributed by atoms with E-state index in [1.165, 1.54) is 289 Å². The van der Waals surface area contributed by atoms with Crippen LogP contribution in [0.25, 0.3) is 195 Å². The van der Waals surface area contributed by atoms with Gasteiger partial charge in [0.05, 0.1) is 0 Å². The lowest BCUT2D eigenvalue weighted by molar-refractivity contribution is 0.437. The van der Waals surface area contributed by atoms with Crippen molar-refractivity contribution in [2.45, 2.75) is 159 Å². The maximum Gasteiger partial charge on any atom is -0.0000242 e. The molecule has 0 aliphatic rings. The minimum atomic E-state index is 0.739. The average molecular weight is 1240 g/mol. The van der Waals surface area contributed by atoms with Gasteiger partial charge in [-0.15, -0.1) is 0 Å². The fourth-order valence-corrected chi connectivity index (χ4v) is 19.7. The molecule has 19 rings (SSSR count). The maximum absolute atomic E-state index is 2.57. The van der Waals surface area contributed by atoms with E-state index in [4.69, 9.17) is 0 Å². The van der Waals surface area contributed by atoms with E-state index in [0.717, 1.165) is 54.8 Å². The highest BCUT2D eigenvalue weighted by Gasteiger charge is 2.35. The second-order valence-corrected chi connectivity index (χ2v) is 32.5. The van der Waals surface area contributed by atoms with E-state index in [1.54, 1.807) is 0 Å². The first kappa shape index (κ1) is 58.7. The van der Waals surface area contributed by atoms with Gasteiger partial charge in [0.2, 0.25) is 0 Å². The molecule has 3 atom stereocenters. The predicted molar refractivity (Wildman–Crippen MR) is 425 cm³/mol. The van der Waals surface area contributed by atoms with Gasteiger partial charge in [-0.2, -0.15) is 0 Å². The minimum Gasteiger partial charge on any atom is -0.0628 e. The molecule has 0 spiro atoms. The molecular formula is C96H90. The Morgan fingerprint density at radius 3 is 0.667 bits per heavy atom. The van der Waals surface area contributed by atoms with Crippen LogP contribution in [0.3, 0.4) is 0 Å². The molecule has 0 aliphatic carbocycles. The minimum absolute atomic E-state index is 0.739. The normalized spacial score (nSPS) is 14.2. The van der Waals surface area contributed by atoms with Crippen molar-refractivity contribution < 1.29 is 0 Å². The predicted octanol–water partition coefficient (Wildman–Crippen LogP) is 29.1. The second-order valence-electron chi connectivity index (χ2n) is 32.5. The zero-order valence-electron chi connectivity index (χ0n) is 58.2. The van der Waals surface area contributed by atoms with Crippen LogP contribution in [0.1, 0.15) is 156 Å². The lowest BCUT2D eigenvalue weighted by Crippen LogP contribution is -2.02. The molecule has 0 heteroatoms. The van der Waals surface area contributed by atoms with Crippen LogP contribution in [0.5, 0.6) is 0 Å². The molecule has 96 heavy (non-hydrogen) atoms. The summed E-state index contributed by atoms with van der Waals surface area (Å²) in [6, 6.07) is 67.4. The van der Waals surface area contributed by atoms with Crippen LogP contribution in [0.15, 0.2) is 164 Å². The van der Waals surface area contributed by atoms with E-state index >= 15 is 0 Å². The summed E-state index contributed by atoms with van der Waals surface area (Å²) in [4.78, 5) is 0. The monoisotopic (exact) mass is 1240 g/mol. The second kappa shape index (κ2) is 22.2. The largest absolute Gasteiger partial charge is 0.0628 e. The third-order valence-electron chi connectivity index (χ3n) is 24.7. The number of aryl methyl sites for hydroxylation is 3. The molecule has 19 aromatic carbocycles. The van der Waals surface area contributed by atoms with Crippen LogP contribution in [0.2, 0.25) is 0 Å². The molecule has 0 aromatic heterocycles. The number of rotatable bonds is 24. The molecular weight excluding hydrogens is 1150 g/mol. The highest BCUT2D eigenvalue weighted by Crippen LogP contribution is 2.64. The molecule has 0 saturated heterocycles. The summed E-state index contributed by atoms with van der Waals surface area (Å²) < 4.78 is 0. The third-order valence-corrected chi connectivity index (χ3v) is 24.7. The molecule has 0 aliphatic heterocycles. The van der Waals surface area contributed by atoms with Crippen molar-refractivity contribution in [1.29, 1.82) is 0 Å². The molecule has 0 N–H and O–H groups in total. The molecule has 0 amide bonds. The summed E-state index contributed by atoms with van der Waals surface area (Å²) >= 11 is 0. The lowest BCUT2D eigenvalue weighted by Gasteiger charge is -2.31. The van der Waals surface area contributed by atoms with E-state index in [9.17, 15) is 0 Å². The average Bonchev–Trinajstić information content (AvgIpc) is 0.635. The summed E-state index contributed by atoms with van der Waals surface area (Å²) in [5.41, 5.74) is 12.3. The van der Waals surface area contributed by atoms with E-state index in [-0.39, 0.29) is 0 Å². The molecule has 474 valence electrons. The van der Waals surface area contributed by atoms with Gasteiger partial charge in [0, 0.05) is 0 Å². The maximum atomic E-state index is 2.57. The van der Waals surface area contributed by atoms with Crippen molar-refractivity contribution in [2.75, 3.05) is 0 Å². The summed E-state index contributed by atoms with van der Waals surface area (Å²) in [7, 11) is 0. The van der Waals surface area contributed by atoms with Gasteiger partial charge in [-0.1, -0.05) is 266 Å². The van der Waals surface area contributed by atoms with Crippen LogP contribution in [0.4, 0.5) is 0 Å². The zero-order valence-corrected chi connectivity index (χ0v) is 58.2. The first-order chi connectivity index (χ1) is 46.8. The summed E-state index contributed by atoms with van der Waals surface area (Å²) in [6.07, 6.45) is 19.1. The van der Waals surface area contributed by atoms with Crippen molar-refractivity contribution in [1.82, 2.24) is 0 Å². The van der Waals surface area contributed by atoms with Crippen molar-refractivity contribution in [3.63, 3.8) is 0 Å². The Kier molecular flexibility index (Phi) is 13.6. The first-order valence-electron chi connectivity index (χ1n) is 37.6. The molecule has 0 nitrogen and oxygen atoms in total. The summed E-state index contributed by atoms with van der Waals surface area (Å²) in [5.74, 6) is 4.56. The molecule has 0 saturated carbocycles. The van der Waals surface area contributed by atoms with Crippen LogP contribution < -0.4 is 0 Å². The fraction of sp³-hybridized carbons (Fsp3) is 0.312. The molecule has 19 aromatic rings. The topological polar surface area (TPSA) is 0 Å². The molecule has 0 fully saturated rings. The van der Waals surface area contributed by atoms with Gasteiger partial charge in [0.15, 0.2) is 0 Å². The molecule has 0 bridgehead atoms. The van der Waals surface area contributed by atoms with E-state index in [2.05, 4.69) is 226 Å². The molecule has 0 heterocycles. The number of benzene rings is 19. The smallest absolute Gasteiger partial charge is 0.0000242 e. The molecule has 3 unspecified atom stereocenters. The number of hydrogen-bond acceptors (Lipinski definition) is 0. The van der Waals surface area contributed by atoms with Crippen LogP contribution >= 0.6 is 0 Å². The Morgan fingerprint density at radius 2 is 0.417 bits per heavy atom. The van der Waals surface area contributed by atoms with Crippen molar-refractivity contribution >= 4 is 162 Å². The lowest BCUT2D eigenvalue weighted by atomic mass is 9.70.